The van der Waals surface area contributed by atoms with E-state index in [1.54, 1.807) is 17.3 Å². The van der Waals surface area contributed by atoms with Crippen molar-refractivity contribution in [2.45, 2.75) is 6.18 Å². The zero-order chi connectivity index (χ0) is 10.9. The Hall–Kier alpha value is -1.65. The minimum Gasteiger partial charge on any atom is -0.306 e. The highest BCUT2D eigenvalue weighted by atomic mass is 19.4. The number of anilines is 1. The maximum Gasteiger partial charge on any atom is 0.416 e. The van der Waals surface area contributed by atoms with E-state index in [0.29, 0.717) is 12.2 Å². The van der Waals surface area contributed by atoms with Crippen molar-refractivity contribution in [1.29, 1.82) is 0 Å². The smallest absolute Gasteiger partial charge is 0.306 e. The van der Waals surface area contributed by atoms with E-state index in [1.807, 2.05) is 6.08 Å². The molecule has 1 aromatic carbocycles. The molecule has 0 bridgehead atoms. The third-order valence-corrected chi connectivity index (χ3v) is 2.12. The zero-order valence-corrected chi connectivity index (χ0v) is 7.75. The third kappa shape index (κ3) is 2.06. The molecule has 5 heteroatoms. The fourth-order valence-corrected chi connectivity index (χ4v) is 1.38. The van der Waals surface area contributed by atoms with E-state index in [2.05, 4.69) is 5.43 Å². The van der Waals surface area contributed by atoms with Gasteiger partial charge in [0, 0.05) is 6.20 Å². The summed E-state index contributed by atoms with van der Waals surface area (Å²) in [6, 6.07) is 5.22. The highest BCUT2D eigenvalue weighted by Crippen LogP contribution is 2.31. The average molecular weight is 214 g/mol. The number of hydrazine groups is 1. The lowest BCUT2D eigenvalue weighted by Gasteiger charge is -2.19. The first-order chi connectivity index (χ1) is 7.07. The van der Waals surface area contributed by atoms with E-state index in [1.165, 1.54) is 6.07 Å². The SMILES string of the molecule is FC(F)(F)c1cccc(N2CC=CN2)c1. The van der Waals surface area contributed by atoms with Gasteiger partial charge in [0.1, 0.15) is 0 Å². The molecule has 0 amide bonds. The predicted molar refractivity (Wildman–Crippen MR) is 51.1 cm³/mol. The van der Waals surface area contributed by atoms with Crippen LogP contribution in [0.15, 0.2) is 36.5 Å². The molecule has 0 spiro atoms. The van der Waals surface area contributed by atoms with Gasteiger partial charge in [0.2, 0.25) is 0 Å². The van der Waals surface area contributed by atoms with Gasteiger partial charge >= 0.3 is 6.18 Å². The summed E-state index contributed by atoms with van der Waals surface area (Å²) in [5, 5.41) is 1.63. The van der Waals surface area contributed by atoms with Crippen LogP contribution in [0.5, 0.6) is 0 Å². The molecule has 0 saturated heterocycles. The average Bonchev–Trinajstić information content (AvgIpc) is 2.69. The van der Waals surface area contributed by atoms with Gasteiger partial charge < -0.3 is 5.43 Å². The van der Waals surface area contributed by atoms with E-state index < -0.39 is 11.7 Å². The van der Waals surface area contributed by atoms with Crippen LogP contribution in [0.4, 0.5) is 18.9 Å². The first-order valence-corrected chi connectivity index (χ1v) is 4.43. The molecule has 15 heavy (non-hydrogen) atoms. The molecule has 1 aliphatic rings. The first kappa shape index (κ1) is 9.89. The van der Waals surface area contributed by atoms with Crippen LogP contribution in [0.1, 0.15) is 5.56 Å². The molecule has 0 aliphatic carbocycles. The van der Waals surface area contributed by atoms with Gasteiger partial charge in [0.15, 0.2) is 0 Å². The van der Waals surface area contributed by atoms with Gasteiger partial charge in [-0.15, -0.1) is 0 Å². The summed E-state index contributed by atoms with van der Waals surface area (Å²) < 4.78 is 37.2. The number of rotatable bonds is 1. The van der Waals surface area contributed by atoms with Crippen LogP contribution in [-0.2, 0) is 6.18 Å². The highest BCUT2D eigenvalue weighted by Gasteiger charge is 2.30. The van der Waals surface area contributed by atoms with Gasteiger partial charge in [-0.05, 0) is 24.3 Å². The van der Waals surface area contributed by atoms with Crippen molar-refractivity contribution in [3.8, 4) is 0 Å². The standard InChI is InChI=1S/C10H9F3N2/c11-10(12,13)8-3-1-4-9(7-8)15-6-2-5-14-15/h1-5,7,14H,6H2. The summed E-state index contributed by atoms with van der Waals surface area (Å²) in [5.41, 5.74) is 2.72. The van der Waals surface area contributed by atoms with Gasteiger partial charge in [-0.2, -0.15) is 13.2 Å². The van der Waals surface area contributed by atoms with Crippen molar-refractivity contribution in [2.24, 2.45) is 0 Å². The van der Waals surface area contributed by atoms with Crippen LogP contribution in [0.2, 0.25) is 0 Å². The summed E-state index contributed by atoms with van der Waals surface area (Å²) in [7, 11) is 0. The van der Waals surface area contributed by atoms with Crippen LogP contribution in [0, 0.1) is 0 Å². The minimum absolute atomic E-state index is 0.509. The Morgan fingerprint density at radius 1 is 1.27 bits per heavy atom. The first-order valence-electron chi connectivity index (χ1n) is 4.43. The monoisotopic (exact) mass is 214 g/mol. The molecule has 1 N–H and O–H groups in total. The lowest BCUT2D eigenvalue weighted by molar-refractivity contribution is -0.137. The normalized spacial score (nSPS) is 15.5. The minimum atomic E-state index is -4.29. The van der Waals surface area contributed by atoms with Gasteiger partial charge in [-0.3, -0.25) is 5.01 Å². The molecule has 0 unspecified atom stereocenters. The Labute approximate surface area is 85.0 Å². The molecular weight excluding hydrogens is 205 g/mol. The summed E-state index contributed by atoms with van der Waals surface area (Å²) in [6.45, 7) is 0.571. The van der Waals surface area contributed by atoms with Crippen molar-refractivity contribution >= 4 is 5.69 Å². The molecule has 0 radical (unpaired) electrons. The van der Waals surface area contributed by atoms with Crippen molar-refractivity contribution in [3.05, 3.63) is 42.1 Å². The lowest BCUT2D eigenvalue weighted by Crippen LogP contribution is -2.29. The number of hydrogen-bond donors (Lipinski definition) is 1. The maximum atomic E-state index is 12.4. The molecule has 2 nitrogen and oxygen atoms in total. The van der Waals surface area contributed by atoms with Gasteiger partial charge in [0.05, 0.1) is 17.8 Å². The Balaban J connectivity index is 2.26. The second-order valence-corrected chi connectivity index (χ2v) is 3.19. The van der Waals surface area contributed by atoms with Gasteiger partial charge in [-0.1, -0.05) is 6.07 Å². The number of hydrogen-bond acceptors (Lipinski definition) is 2. The number of benzene rings is 1. The van der Waals surface area contributed by atoms with Crippen molar-refractivity contribution in [2.75, 3.05) is 11.6 Å². The fourth-order valence-electron chi connectivity index (χ4n) is 1.38. The lowest BCUT2D eigenvalue weighted by atomic mass is 10.2. The summed E-state index contributed by atoms with van der Waals surface area (Å²) in [5.74, 6) is 0. The predicted octanol–water partition coefficient (Wildman–Crippen LogP) is 2.54. The largest absolute Gasteiger partial charge is 0.416 e. The molecule has 2 rings (SSSR count). The third-order valence-electron chi connectivity index (χ3n) is 2.12. The Kier molecular flexibility index (Phi) is 2.30. The molecule has 0 fully saturated rings. The van der Waals surface area contributed by atoms with Crippen LogP contribution in [0.3, 0.4) is 0 Å². The summed E-state index contributed by atoms with van der Waals surface area (Å²) >= 11 is 0. The molecular formula is C10H9F3N2. The second kappa shape index (κ2) is 3.49. The van der Waals surface area contributed by atoms with E-state index in [0.717, 1.165) is 12.1 Å². The summed E-state index contributed by atoms with van der Waals surface area (Å²) in [4.78, 5) is 0. The number of nitrogens with zero attached hydrogens (tertiary/aromatic N) is 1. The van der Waals surface area contributed by atoms with Crippen LogP contribution in [0.25, 0.3) is 0 Å². The van der Waals surface area contributed by atoms with Crippen molar-refractivity contribution in [3.63, 3.8) is 0 Å². The van der Waals surface area contributed by atoms with E-state index in [9.17, 15) is 13.2 Å². The molecule has 0 atom stereocenters. The topological polar surface area (TPSA) is 15.3 Å². The van der Waals surface area contributed by atoms with Crippen molar-refractivity contribution < 1.29 is 13.2 Å². The molecule has 1 heterocycles. The highest BCUT2D eigenvalue weighted by molar-refractivity contribution is 5.50. The quantitative estimate of drug-likeness (QED) is 0.772. The molecule has 0 saturated carbocycles. The fraction of sp³-hybridized carbons (Fsp3) is 0.200. The molecule has 1 aliphatic heterocycles. The van der Waals surface area contributed by atoms with E-state index >= 15 is 0 Å². The summed E-state index contributed by atoms with van der Waals surface area (Å²) in [6.07, 6.45) is -0.760. The number of halogens is 3. The molecule has 0 aromatic heterocycles. The Morgan fingerprint density at radius 3 is 2.67 bits per heavy atom. The number of alkyl halides is 3. The van der Waals surface area contributed by atoms with E-state index in [4.69, 9.17) is 0 Å². The Morgan fingerprint density at radius 2 is 2.07 bits per heavy atom. The molecule has 1 aromatic rings. The van der Waals surface area contributed by atoms with Crippen LogP contribution in [-0.4, -0.2) is 6.54 Å². The van der Waals surface area contributed by atoms with Crippen LogP contribution >= 0.6 is 0 Å². The van der Waals surface area contributed by atoms with Crippen LogP contribution < -0.4 is 10.4 Å². The Bertz CT molecular complexity index is 376. The maximum absolute atomic E-state index is 12.4. The van der Waals surface area contributed by atoms with Crippen molar-refractivity contribution in [1.82, 2.24) is 5.43 Å². The van der Waals surface area contributed by atoms with E-state index in [-0.39, 0.29) is 0 Å². The van der Waals surface area contributed by atoms with Gasteiger partial charge in [-0.25, -0.2) is 0 Å². The number of nitrogens with one attached hydrogen (secondary N) is 1. The zero-order valence-electron chi connectivity index (χ0n) is 7.75. The molecule has 80 valence electrons. The van der Waals surface area contributed by atoms with Gasteiger partial charge in [0.25, 0.3) is 0 Å². The second-order valence-electron chi connectivity index (χ2n) is 3.19.